The Bertz CT molecular complexity index is 576. The molecule has 6 heteroatoms. The Hall–Kier alpha value is -0.430. The quantitative estimate of drug-likeness (QED) is 0.929. The Morgan fingerprint density at radius 1 is 1.45 bits per heavy atom. The minimum Gasteiger partial charge on any atom is -0.315 e. The van der Waals surface area contributed by atoms with Crippen LogP contribution in [0.2, 0.25) is 0 Å². The van der Waals surface area contributed by atoms with E-state index in [0.717, 1.165) is 29.8 Å². The molecule has 1 aromatic rings. The fourth-order valence-corrected chi connectivity index (χ4v) is 6.08. The van der Waals surface area contributed by atoms with Crippen LogP contribution in [0, 0.1) is 12.3 Å². The highest BCUT2D eigenvalue weighted by Gasteiger charge is 2.35. The molecule has 1 fully saturated rings. The van der Waals surface area contributed by atoms with Crippen molar-refractivity contribution in [2.24, 2.45) is 5.41 Å². The van der Waals surface area contributed by atoms with E-state index in [4.69, 9.17) is 0 Å². The summed E-state index contributed by atoms with van der Waals surface area (Å²) < 4.78 is 27.7. The van der Waals surface area contributed by atoms with Crippen LogP contribution < -0.4 is 5.32 Å². The molecule has 1 aliphatic heterocycles. The van der Waals surface area contributed by atoms with Crippen LogP contribution in [-0.2, 0) is 16.6 Å². The second-order valence-electron chi connectivity index (χ2n) is 6.31. The number of nitrogens with one attached hydrogen (secondary N) is 1. The molecule has 4 nitrogen and oxygen atoms in total. The van der Waals surface area contributed by atoms with Crippen molar-refractivity contribution in [1.82, 2.24) is 9.62 Å². The van der Waals surface area contributed by atoms with E-state index in [2.05, 4.69) is 19.2 Å². The van der Waals surface area contributed by atoms with Crippen molar-refractivity contribution < 1.29 is 8.42 Å². The molecule has 0 atom stereocenters. The van der Waals surface area contributed by atoms with E-state index in [9.17, 15) is 8.42 Å². The third kappa shape index (κ3) is 3.24. The van der Waals surface area contributed by atoms with Crippen LogP contribution in [0.1, 0.15) is 37.1 Å². The van der Waals surface area contributed by atoms with Crippen molar-refractivity contribution in [3.05, 3.63) is 16.5 Å². The molecular weight excluding hydrogens is 292 g/mol. The molecule has 0 aliphatic carbocycles. The maximum atomic E-state index is 12.8. The summed E-state index contributed by atoms with van der Waals surface area (Å²) in [5, 5.41) is 3.08. The lowest BCUT2D eigenvalue weighted by atomic mass is 9.85. The highest BCUT2D eigenvalue weighted by atomic mass is 32.2. The molecule has 1 aliphatic rings. The van der Waals surface area contributed by atoms with Crippen LogP contribution in [0.15, 0.2) is 10.3 Å². The van der Waals surface area contributed by atoms with Gasteiger partial charge in [0.05, 0.1) is 0 Å². The van der Waals surface area contributed by atoms with Gasteiger partial charge in [-0.25, -0.2) is 8.42 Å². The molecule has 0 spiro atoms. The van der Waals surface area contributed by atoms with E-state index in [1.54, 1.807) is 4.31 Å². The summed E-state index contributed by atoms with van der Waals surface area (Å²) in [6, 6.07) is 1.81. The minimum atomic E-state index is -3.33. The van der Waals surface area contributed by atoms with Crippen molar-refractivity contribution >= 4 is 21.4 Å². The lowest BCUT2D eigenvalue weighted by molar-refractivity contribution is 0.187. The SMILES string of the molecule is CNCc1sc(S(=O)(=O)N2CCCC(C)(C)C2)cc1C. The number of hydrogen-bond acceptors (Lipinski definition) is 4. The monoisotopic (exact) mass is 316 g/mol. The molecule has 20 heavy (non-hydrogen) atoms. The van der Waals surface area contributed by atoms with E-state index in [0.29, 0.717) is 17.3 Å². The summed E-state index contributed by atoms with van der Waals surface area (Å²) >= 11 is 1.39. The Morgan fingerprint density at radius 3 is 2.75 bits per heavy atom. The fraction of sp³-hybridized carbons (Fsp3) is 0.714. The Kier molecular flexibility index (Phi) is 4.59. The van der Waals surface area contributed by atoms with Crippen molar-refractivity contribution in [3.63, 3.8) is 0 Å². The Morgan fingerprint density at radius 2 is 2.15 bits per heavy atom. The highest BCUT2D eigenvalue weighted by molar-refractivity contribution is 7.91. The van der Waals surface area contributed by atoms with Gasteiger partial charge in [-0.2, -0.15) is 4.31 Å². The van der Waals surface area contributed by atoms with Gasteiger partial charge in [0.15, 0.2) is 0 Å². The van der Waals surface area contributed by atoms with Gasteiger partial charge in [-0.05, 0) is 43.9 Å². The predicted octanol–water partition coefficient (Wildman–Crippen LogP) is 2.59. The van der Waals surface area contributed by atoms with Crippen LogP contribution in [0.3, 0.4) is 0 Å². The van der Waals surface area contributed by atoms with E-state index in [-0.39, 0.29) is 5.41 Å². The molecule has 0 amide bonds. The fourth-order valence-electron chi connectivity index (χ4n) is 2.65. The number of thiophene rings is 1. The summed E-state index contributed by atoms with van der Waals surface area (Å²) in [5.41, 5.74) is 1.13. The molecule has 1 N–H and O–H groups in total. The number of nitrogens with zero attached hydrogens (tertiary/aromatic N) is 1. The van der Waals surface area contributed by atoms with Gasteiger partial charge in [-0.15, -0.1) is 11.3 Å². The van der Waals surface area contributed by atoms with Crippen molar-refractivity contribution in [3.8, 4) is 0 Å². The number of aryl methyl sites for hydroxylation is 1. The second kappa shape index (κ2) is 5.75. The average molecular weight is 316 g/mol. The molecule has 0 saturated carbocycles. The largest absolute Gasteiger partial charge is 0.315 e. The second-order valence-corrected chi connectivity index (χ2v) is 9.61. The first-order valence-electron chi connectivity index (χ1n) is 7.00. The zero-order valence-corrected chi connectivity index (χ0v) is 14.3. The first kappa shape index (κ1) is 15.9. The van der Waals surface area contributed by atoms with Gasteiger partial charge in [0.1, 0.15) is 4.21 Å². The van der Waals surface area contributed by atoms with Crippen molar-refractivity contribution in [1.29, 1.82) is 0 Å². The Balaban J connectivity index is 2.28. The van der Waals surface area contributed by atoms with Gasteiger partial charge in [0.25, 0.3) is 10.0 Å². The molecule has 2 rings (SSSR count). The third-order valence-corrected chi connectivity index (χ3v) is 7.33. The minimum absolute atomic E-state index is 0.0748. The molecule has 1 saturated heterocycles. The number of rotatable bonds is 4. The van der Waals surface area contributed by atoms with Gasteiger partial charge in [-0.1, -0.05) is 13.8 Å². The van der Waals surface area contributed by atoms with E-state index in [1.165, 1.54) is 11.3 Å². The molecule has 0 unspecified atom stereocenters. The van der Waals surface area contributed by atoms with Crippen LogP contribution in [0.5, 0.6) is 0 Å². The summed E-state index contributed by atoms with van der Waals surface area (Å²) in [5.74, 6) is 0. The molecule has 2 heterocycles. The topological polar surface area (TPSA) is 49.4 Å². The van der Waals surface area contributed by atoms with Crippen molar-refractivity contribution in [2.45, 2.75) is 44.4 Å². The van der Waals surface area contributed by atoms with Gasteiger partial charge >= 0.3 is 0 Å². The molecule has 0 aromatic carbocycles. The maximum absolute atomic E-state index is 12.8. The summed E-state index contributed by atoms with van der Waals surface area (Å²) in [6.45, 7) is 8.24. The van der Waals surface area contributed by atoms with Crippen LogP contribution >= 0.6 is 11.3 Å². The van der Waals surface area contributed by atoms with Gasteiger partial charge in [0.2, 0.25) is 0 Å². The molecular formula is C14H24N2O2S2. The van der Waals surface area contributed by atoms with Gasteiger partial charge in [0, 0.05) is 24.5 Å². The van der Waals surface area contributed by atoms with Crippen molar-refractivity contribution in [2.75, 3.05) is 20.1 Å². The average Bonchev–Trinajstić information content (AvgIpc) is 2.71. The lowest BCUT2D eigenvalue weighted by Gasteiger charge is -2.36. The molecule has 1 aromatic heterocycles. The molecule has 0 radical (unpaired) electrons. The smallest absolute Gasteiger partial charge is 0.252 e. The standard InChI is InChI=1S/C14H24N2O2S2/c1-11-8-13(19-12(11)9-15-4)20(17,18)16-7-5-6-14(2,3)10-16/h8,15H,5-7,9-10H2,1-4H3. The summed E-state index contributed by atoms with van der Waals surface area (Å²) in [4.78, 5) is 1.10. The number of hydrogen-bond donors (Lipinski definition) is 1. The normalized spacial score (nSPS) is 20.2. The zero-order chi connectivity index (χ0) is 15.0. The third-order valence-electron chi connectivity index (χ3n) is 3.79. The van der Waals surface area contributed by atoms with Crippen LogP contribution in [-0.4, -0.2) is 32.9 Å². The van der Waals surface area contributed by atoms with Crippen LogP contribution in [0.4, 0.5) is 0 Å². The van der Waals surface area contributed by atoms with Gasteiger partial charge < -0.3 is 5.32 Å². The van der Waals surface area contributed by atoms with E-state index in [1.807, 2.05) is 20.0 Å². The highest BCUT2D eigenvalue weighted by Crippen LogP contribution is 2.34. The first-order valence-corrected chi connectivity index (χ1v) is 9.26. The summed E-state index contributed by atoms with van der Waals surface area (Å²) in [7, 11) is -1.45. The number of piperidine rings is 1. The Labute approximate surface area is 126 Å². The molecule has 0 bridgehead atoms. The predicted molar refractivity (Wildman–Crippen MR) is 83.6 cm³/mol. The zero-order valence-electron chi connectivity index (χ0n) is 12.7. The van der Waals surface area contributed by atoms with Crippen LogP contribution in [0.25, 0.3) is 0 Å². The molecule has 114 valence electrons. The summed E-state index contributed by atoms with van der Waals surface area (Å²) in [6.07, 6.45) is 2.04. The first-order chi connectivity index (χ1) is 9.26. The lowest BCUT2D eigenvalue weighted by Crippen LogP contribution is -2.43. The van der Waals surface area contributed by atoms with E-state index >= 15 is 0 Å². The number of sulfonamides is 1. The van der Waals surface area contributed by atoms with Gasteiger partial charge in [-0.3, -0.25) is 0 Å². The maximum Gasteiger partial charge on any atom is 0.252 e. The van der Waals surface area contributed by atoms with E-state index < -0.39 is 10.0 Å².